The average molecular weight is 252 g/mol. The van der Waals surface area contributed by atoms with Crippen LogP contribution in [0.4, 0.5) is 0 Å². The molecule has 0 saturated heterocycles. The van der Waals surface area contributed by atoms with Crippen LogP contribution in [0.5, 0.6) is 0 Å². The summed E-state index contributed by atoms with van der Waals surface area (Å²) in [7, 11) is 3.73. The molecule has 1 fully saturated rings. The third kappa shape index (κ3) is 2.72. The van der Waals surface area contributed by atoms with Crippen molar-refractivity contribution in [2.24, 2.45) is 7.05 Å². The molecule has 1 aromatic rings. The van der Waals surface area contributed by atoms with Crippen LogP contribution in [-0.2, 0) is 18.2 Å². The highest BCUT2D eigenvalue weighted by Gasteiger charge is 2.44. The lowest BCUT2D eigenvalue weighted by Gasteiger charge is -2.46. The predicted octanol–water partition coefficient (Wildman–Crippen LogP) is 1.29. The number of nitrogens with one attached hydrogen (secondary N) is 1. The summed E-state index contributed by atoms with van der Waals surface area (Å²) in [4.78, 5) is 0. The molecule has 1 aromatic heterocycles. The smallest absolute Gasteiger partial charge is 0.0843 e. The second kappa shape index (κ2) is 5.80. The van der Waals surface area contributed by atoms with E-state index in [1.54, 1.807) is 4.68 Å². The van der Waals surface area contributed by atoms with Crippen LogP contribution in [0.15, 0.2) is 6.20 Å². The van der Waals surface area contributed by atoms with E-state index in [4.69, 9.17) is 4.74 Å². The second-order valence-electron chi connectivity index (χ2n) is 5.22. The van der Waals surface area contributed by atoms with Gasteiger partial charge in [-0.1, -0.05) is 12.1 Å². The van der Waals surface area contributed by atoms with Gasteiger partial charge in [-0.25, -0.2) is 0 Å². The van der Waals surface area contributed by atoms with Crippen molar-refractivity contribution in [3.05, 3.63) is 11.9 Å². The molecule has 1 atom stereocenters. The molecule has 0 radical (unpaired) electrons. The van der Waals surface area contributed by atoms with E-state index in [-0.39, 0.29) is 5.60 Å². The molecule has 1 heterocycles. The number of ether oxygens (including phenoxy) is 1. The highest BCUT2D eigenvalue weighted by atomic mass is 16.5. The van der Waals surface area contributed by atoms with Gasteiger partial charge < -0.3 is 10.1 Å². The van der Waals surface area contributed by atoms with Crippen LogP contribution in [0.3, 0.4) is 0 Å². The fourth-order valence-electron chi connectivity index (χ4n) is 2.68. The van der Waals surface area contributed by atoms with Crippen LogP contribution in [0.25, 0.3) is 0 Å². The maximum Gasteiger partial charge on any atom is 0.0843 e. The average Bonchev–Trinajstić information content (AvgIpc) is 2.70. The zero-order valence-corrected chi connectivity index (χ0v) is 11.6. The highest BCUT2D eigenvalue weighted by molar-refractivity contribution is 5.06. The molecule has 0 bridgehead atoms. The molecule has 1 aliphatic carbocycles. The van der Waals surface area contributed by atoms with Gasteiger partial charge in [0.1, 0.15) is 0 Å². The summed E-state index contributed by atoms with van der Waals surface area (Å²) in [6.45, 7) is 3.21. The van der Waals surface area contributed by atoms with Gasteiger partial charge in [-0.2, -0.15) is 0 Å². The fourth-order valence-corrected chi connectivity index (χ4v) is 2.68. The Hall–Kier alpha value is -0.940. The van der Waals surface area contributed by atoms with Crippen LogP contribution in [0.2, 0.25) is 0 Å². The molecule has 5 nitrogen and oxygen atoms in total. The van der Waals surface area contributed by atoms with Crippen molar-refractivity contribution < 1.29 is 4.74 Å². The lowest BCUT2D eigenvalue weighted by molar-refractivity contribution is -0.0982. The molecule has 102 valence electrons. The van der Waals surface area contributed by atoms with E-state index in [9.17, 15) is 0 Å². The molecule has 2 rings (SSSR count). The maximum absolute atomic E-state index is 5.79. The lowest BCUT2D eigenvalue weighted by atomic mass is 9.73. The Bertz CT molecular complexity index is 367. The Morgan fingerprint density at radius 1 is 1.56 bits per heavy atom. The fraction of sp³-hybridized carbons (Fsp3) is 0.846. The second-order valence-corrected chi connectivity index (χ2v) is 5.22. The van der Waals surface area contributed by atoms with Crippen molar-refractivity contribution >= 4 is 0 Å². The molecular weight excluding hydrogens is 228 g/mol. The third-order valence-corrected chi connectivity index (χ3v) is 3.95. The molecule has 1 aliphatic rings. The van der Waals surface area contributed by atoms with Crippen molar-refractivity contribution in [2.75, 3.05) is 13.7 Å². The summed E-state index contributed by atoms with van der Waals surface area (Å²) < 4.78 is 7.55. The standard InChI is InChI=1S/C13H24N4O/c1-4-8-14-12(13(18-3)6-5-7-13)9-11-10-17(2)16-15-11/h10,12,14H,4-9H2,1-3H3. The van der Waals surface area contributed by atoms with E-state index in [0.29, 0.717) is 6.04 Å². The number of hydrogen-bond acceptors (Lipinski definition) is 4. The minimum Gasteiger partial charge on any atom is -0.377 e. The van der Waals surface area contributed by atoms with E-state index in [1.165, 1.54) is 6.42 Å². The lowest BCUT2D eigenvalue weighted by Crippen LogP contribution is -2.57. The Morgan fingerprint density at radius 3 is 2.78 bits per heavy atom. The first kappa shape index (κ1) is 13.5. The first-order valence-electron chi connectivity index (χ1n) is 6.84. The molecule has 1 unspecified atom stereocenters. The SMILES string of the molecule is CCCNC(Cc1cn(C)nn1)C1(OC)CCC1. The quantitative estimate of drug-likeness (QED) is 0.794. The summed E-state index contributed by atoms with van der Waals surface area (Å²) in [5.41, 5.74) is 1.04. The first-order valence-corrected chi connectivity index (χ1v) is 6.84. The molecule has 0 aliphatic heterocycles. The molecule has 0 spiro atoms. The highest BCUT2D eigenvalue weighted by Crippen LogP contribution is 2.39. The van der Waals surface area contributed by atoms with Gasteiger partial charge in [0.15, 0.2) is 0 Å². The first-order chi connectivity index (χ1) is 8.70. The Labute approximate surface area is 109 Å². The van der Waals surface area contributed by atoms with Gasteiger partial charge >= 0.3 is 0 Å². The summed E-state index contributed by atoms with van der Waals surface area (Å²) in [5.74, 6) is 0. The Balaban J connectivity index is 2.04. The van der Waals surface area contributed by atoms with Crippen molar-refractivity contribution in [3.8, 4) is 0 Å². The number of nitrogens with zero attached hydrogens (tertiary/aromatic N) is 3. The zero-order valence-electron chi connectivity index (χ0n) is 11.6. The van der Waals surface area contributed by atoms with Gasteiger partial charge in [-0.15, -0.1) is 5.10 Å². The van der Waals surface area contributed by atoms with Crippen molar-refractivity contribution in [2.45, 2.75) is 50.7 Å². The van der Waals surface area contributed by atoms with E-state index < -0.39 is 0 Å². The van der Waals surface area contributed by atoms with Gasteiger partial charge in [0.25, 0.3) is 0 Å². The number of aryl methyl sites for hydroxylation is 1. The van der Waals surface area contributed by atoms with E-state index >= 15 is 0 Å². The summed E-state index contributed by atoms with van der Waals surface area (Å²) in [6, 6.07) is 0.341. The normalized spacial score (nSPS) is 19.5. The molecule has 5 heteroatoms. The van der Waals surface area contributed by atoms with Crippen LogP contribution in [0, 0.1) is 0 Å². The minimum absolute atomic E-state index is 0.00664. The minimum atomic E-state index is 0.00664. The molecule has 0 aromatic carbocycles. The van der Waals surface area contributed by atoms with Crippen LogP contribution in [0.1, 0.15) is 38.3 Å². The summed E-state index contributed by atoms with van der Waals surface area (Å²) in [6.07, 6.45) is 7.57. The maximum atomic E-state index is 5.79. The summed E-state index contributed by atoms with van der Waals surface area (Å²) in [5, 5.41) is 11.8. The Kier molecular flexibility index (Phi) is 4.35. The number of aromatic nitrogens is 3. The van der Waals surface area contributed by atoms with Crippen molar-refractivity contribution in [1.82, 2.24) is 20.3 Å². The van der Waals surface area contributed by atoms with Gasteiger partial charge in [0, 0.05) is 32.8 Å². The largest absolute Gasteiger partial charge is 0.377 e. The van der Waals surface area contributed by atoms with Gasteiger partial charge in [0.05, 0.1) is 11.3 Å². The zero-order chi connectivity index (χ0) is 13.0. The van der Waals surface area contributed by atoms with Crippen molar-refractivity contribution in [3.63, 3.8) is 0 Å². The topological polar surface area (TPSA) is 52.0 Å². The third-order valence-electron chi connectivity index (χ3n) is 3.95. The molecule has 0 amide bonds. The van der Waals surface area contributed by atoms with Gasteiger partial charge in [-0.05, 0) is 32.2 Å². The molecule has 18 heavy (non-hydrogen) atoms. The molecular formula is C13H24N4O. The number of hydrogen-bond donors (Lipinski definition) is 1. The summed E-state index contributed by atoms with van der Waals surface area (Å²) >= 11 is 0. The van der Waals surface area contributed by atoms with E-state index in [2.05, 4.69) is 22.6 Å². The van der Waals surface area contributed by atoms with E-state index in [1.807, 2.05) is 20.4 Å². The van der Waals surface area contributed by atoms with Gasteiger partial charge in [-0.3, -0.25) is 4.68 Å². The molecule has 1 saturated carbocycles. The Morgan fingerprint density at radius 2 is 2.33 bits per heavy atom. The van der Waals surface area contributed by atoms with Crippen molar-refractivity contribution in [1.29, 1.82) is 0 Å². The van der Waals surface area contributed by atoms with Crippen LogP contribution in [-0.4, -0.2) is 40.3 Å². The predicted molar refractivity (Wildman–Crippen MR) is 70.4 cm³/mol. The number of rotatable bonds is 7. The van der Waals surface area contributed by atoms with Gasteiger partial charge in [0.2, 0.25) is 0 Å². The monoisotopic (exact) mass is 252 g/mol. The van der Waals surface area contributed by atoms with E-state index in [0.717, 1.165) is 37.9 Å². The van der Waals surface area contributed by atoms with Crippen LogP contribution < -0.4 is 5.32 Å². The molecule has 1 N–H and O–H groups in total. The van der Waals surface area contributed by atoms with Crippen LogP contribution >= 0.6 is 0 Å². The number of methoxy groups -OCH3 is 1.